The molecular weight excluding hydrogens is 1700 g/mol. The zero-order valence-corrected chi connectivity index (χ0v) is 67.4. The average molecular weight is 1780 g/mol. The Kier molecular flexibility index (Phi) is 31.9. The summed E-state index contributed by atoms with van der Waals surface area (Å²) >= 11 is 19.4. The highest BCUT2D eigenvalue weighted by Crippen LogP contribution is 2.37. The molecule has 1 aliphatic heterocycles. The summed E-state index contributed by atoms with van der Waals surface area (Å²) < 4.78 is 63.3. The highest BCUT2D eigenvalue weighted by atomic mass is 79.9. The van der Waals surface area contributed by atoms with Crippen molar-refractivity contribution in [2.75, 3.05) is 56.7 Å². The van der Waals surface area contributed by atoms with Crippen LogP contribution in [0.4, 0.5) is 33.2 Å². The Morgan fingerprint density at radius 1 is 0.549 bits per heavy atom. The number of phenols is 1. The number of nitrogens with zero attached hydrogens (tertiary/aromatic N) is 6. The van der Waals surface area contributed by atoms with E-state index in [1.54, 1.807) is 62.1 Å². The molecule has 31 heteroatoms. The molecule has 1 fully saturated rings. The molecule has 7 heterocycles. The molecule has 22 nitrogen and oxygen atoms in total. The number of pyridine rings is 3. The van der Waals surface area contributed by atoms with Gasteiger partial charge in [-0.3, -0.25) is 4.79 Å². The number of amides is 1. The van der Waals surface area contributed by atoms with Gasteiger partial charge in [-0.1, -0.05) is 66.0 Å². The first kappa shape index (κ1) is 83.1. The Bertz CT molecular complexity index is 4580. The normalized spacial score (nSPS) is 12.2. The molecule has 10 N–H and O–H groups in total. The number of halogens is 7. The summed E-state index contributed by atoms with van der Waals surface area (Å²) in [5, 5.41) is 11.7. The lowest BCUT2D eigenvalue weighted by molar-refractivity contribution is -0.252. The number of benzene rings is 6. The van der Waals surface area contributed by atoms with Crippen LogP contribution in [0.25, 0.3) is 55.6 Å². The number of fused-ring (bicyclic) bond motifs is 3. The first-order valence-electron chi connectivity index (χ1n) is 30.6. The number of nitrogen functional groups attached to an aromatic ring is 4. The Morgan fingerprint density at radius 3 is 1.41 bits per heavy atom. The Morgan fingerprint density at radius 2 is 0.980 bits per heavy atom. The van der Waals surface area contributed by atoms with Crippen molar-refractivity contribution in [2.45, 2.75) is 80.0 Å². The zero-order chi connectivity index (χ0) is 75.2. The summed E-state index contributed by atoms with van der Waals surface area (Å²) in [5.41, 5.74) is 37.8. The van der Waals surface area contributed by atoms with E-state index in [9.17, 15) is 9.18 Å². The molecule has 0 atom stereocenters. The van der Waals surface area contributed by atoms with E-state index in [4.69, 9.17) is 55.3 Å². The van der Waals surface area contributed by atoms with Gasteiger partial charge in [0.05, 0.1) is 35.3 Å². The predicted octanol–water partition coefficient (Wildman–Crippen LogP) is 18.0. The second kappa shape index (κ2) is 39.2. The van der Waals surface area contributed by atoms with Crippen LogP contribution >= 0.6 is 95.1 Å². The smallest absolute Gasteiger partial charge is 0.496 e. The number of aromatic nitrogens is 6. The number of methoxy groups -OCH3 is 4. The minimum atomic E-state index is -0.572. The first-order chi connectivity index (χ1) is 48.3. The number of phenolic OH excluding ortho intramolecular Hbond substituents is 1. The molecule has 1 aliphatic rings. The molecule has 12 aromatic rings. The number of nitrogens with one attached hydrogen (secondary N) is 1. The molecule has 536 valence electrons. The van der Waals surface area contributed by atoms with Gasteiger partial charge in [-0.25, -0.2) is 34.3 Å². The third kappa shape index (κ3) is 24.1. The molecule has 1 amide bonds. The molecule has 0 saturated carbocycles. The number of anilines is 5. The van der Waals surface area contributed by atoms with E-state index in [0.29, 0.717) is 40.2 Å². The van der Waals surface area contributed by atoms with Crippen LogP contribution in [-0.2, 0) is 23.5 Å². The molecule has 0 aliphatic carbocycles. The fourth-order valence-electron chi connectivity index (χ4n) is 9.02. The van der Waals surface area contributed by atoms with E-state index in [1.807, 2.05) is 129 Å². The minimum Gasteiger partial charge on any atom is -0.506 e. The van der Waals surface area contributed by atoms with Crippen LogP contribution in [0.1, 0.15) is 65.9 Å². The molecule has 0 radical (unpaired) electrons. The zero-order valence-electron chi connectivity index (χ0n) is 57.9. The number of rotatable bonds is 9. The first-order valence-corrected chi connectivity index (χ1v) is 35.7. The van der Waals surface area contributed by atoms with Crippen LogP contribution < -0.4 is 38.5 Å². The quantitative estimate of drug-likeness (QED) is 0.0338. The molecule has 6 aromatic heterocycles. The van der Waals surface area contributed by atoms with Crippen molar-refractivity contribution < 1.29 is 55.8 Å². The van der Waals surface area contributed by atoms with Gasteiger partial charge in [-0.2, -0.15) is 0 Å². The van der Waals surface area contributed by atoms with Crippen molar-refractivity contribution in [1.82, 2.24) is 29.9 Å². The number of hydrogen-bond donors (Lipinski definition) is 6. The molecule has 13 rings (SSSR count). The SMILES string of the molecule is BrB(Br)Br.CC1(C)OB(c2ccc(N)nc2)OC1(C)C.COC(OC)OC.COc1cc(Br)c(C)cc1N.Cc1cc(N)c(O)cc1Br.Cc1cc2ncoc2cc1-c1ccc(N)nc1.Cc1cc2ncoc2cc1-c1ccc(NC(=O)c2ccccc2F)nc1.Cc1cc2ncoc2cc1Br. The molecule has 102 heavy (non-hydrogen) atoms. The van der Waals surface area contributed by atoms with E-state index in [1.165, 1.54) is 64.3 Å². The van der Waals surface area contributed by atoms with Crippen molar-refractivity contribution in [3.05, 3.63) is 212 Å². The van der Waals surface area contributed by atoms with Crippen molar-refractivity contribution >= 4 is 179 Å². The Hall–Kier alpha value is -7.81. The van der Waals surface area contributed by atoms with Crippen LogP contribution in [-0.4, -0.2) is 97.3 Å². The third-order valence-corrected chi connectivity index (χ3v) is 17.8. The van der Waals surface area contributed by atoms with Crippen molar-refractivity contribution in [3.63, 3.8) is 0 Å². The van der Waals surface area contributed by atoms with Crippen LogP contribution in [0.5, 0.6) is 11.5 Å². The monoisotopic (exact) mass is 1770 g/mol. The van der Waals surface area contributed by atoms with Crippen molar-refractivity contribution in [3.8, 4) is 33.8 Å². The van der Waals surface area contributed by atoms with Gasteiger partial charge in [-0.05, 0) is 204 Å². The van der Waals surface area contributed by atoms with Gasteiger partial charge in [0.15, 0.2) is 35.9 Å². The van der Waals surface area contributed by atoms with Gasteiger partial charge < -0.3 is 74.9 Å². The van der Waals surface area contributed by atoms with Gasteiger partial charge in [0.25, 0.3) is 12.4 Å². The summed E-state index contributed by atoms with van der Waals surface area (Å²) in [5.74, 6) is 1.09. The standard InChI is InChI=1S/C20H14FN3O2.C13H11N3O.C11H17BN2O2.C8H6BrNO.C8H10BrNO.C7H8BrNO.C4H10O3.BBr3/c1-12-8-17-18(26-11-23-17)9-15(12)13-6-7-19(22-10-13)24-20(25)14-4-2-3-5-16(14)21;1-8-4-11-12(17-7-16-11)5-10(8)9-2-3-13(14)15-6-9;1-10(2)11(3,4)16-12(15-10)8-5-6-9(13)14-7-8;1-5-2-7-8(3-6(5)9)11-4-10-7;1-5-3-7(10)8(11-2)4-6(5)9;1-4-2-6(9)7(10)3-5(4)8;1-5-4(6-2)7-3;2-1(3)4/h2-11H,1H3,(H,22,24,25);2-7H,1H3,(H2,14,15);5-7H,1-4H3,(H2,13,14);2-4H,1H3;3-4H,10H2,1-2H3;2-3,10H,9H2,1H3;4H,1-3H3;. The maximum atomic E-state index is 13.7. The van der Waals surface area contributed by atoms with Gasteiger partial charge in [0.1, 0.15) is 51.3 Å². The van der Waals surface area contributed by atoms with Gasteiger partial charge in [0, 0.05) is 69.9 Å². The number of oxazole rings is 3. The number of ether oxygens (including phenoxy) is 4. The molecule has 6 aromatic carbocycles. The number of aromatic hydroxyl groups is 1. The number of nitrogens with two attached hydrogens (primary N) is 4. The van der Waals surface area contributed by atoms with Crippen molar-refractivity contribution in [2.24, 2.45) is 0 Å². The predicted molar refractivity (Wildman–Crippen MR) is 426 cm³/mol. The minimum absolute atomic E-state index is 0.0232. The van der Waals surface area contributed by atoms with E-state index in [2.05, 4.69) is 144 Å². The van der Waals surface area contributed by atoms with Crippen molar-refractivity contribution in [1.29, 1.82) is 0 Å². The van der Waals surface area contributed by atoms with Gasteiger partial charge >= 0.3 is 10.3 Å². The molecule has 0 unspecified atom stereocenters. The average Bonchev–Trinajstić information content (AvgIpc) is 1.61. The van der Waals surface area contributed by atoms with Gasteiger partial charge in [-0.15, -0.1) is 47.3 Å². The lowest BCUT2D eigenvalue weighted by Crippen LogP contribution is -2.41. The summed E-state index contributed by atoms with van der Waals surface area (Å²) in [6.45, 7) is 17.5. The number of hydrogen-bond acceptors (Lipinski definition) is 21. The lowest BCUT2D eigenvalue weighted by atomic mass is 9.80. The summed E-state index contributed by atoms with van der Waals surface area (Å²) in [6, 6.07) is 35.5. The van der Waals surface area contributed by atoms with E-state index >= 15 is 0 Å². The maximum absolute atomic E-state index is 13.7. The number of aryl methyl sites for hydroxylation is 5. The van der Waals surface area contributed by atoms with Gasteiger partial charge in [0.2, 0.25) is 0 Å². The fraction of sp³-hybridized carbons (Fsp3) is 0.225. The molecule has 0 bridgehead atoms. The highest BCUT2D eigenvalue weighted by Gasteiger charge is 2.51. The lowest BCUT2D eigenvalue weighted by Gasteiger charge is -2.32. The fourth-order valence-corrected chi connectivity index (χ4v) is 10.00. The van der Waals surface area contributed by atoms with Crippen LogP contribution in [0.2, 0.25) is 0 Å². The molecule has 1 saturated heterocycles. The molecular formula is C71H76B2Br6FN11O11. The van der Waals surface area contributed by atoms with E-state index < -0.39 is 18.2 Å². The second-order valence-electron chi connectivity index (χ2n) is 23.1. The van der Waals surface area contributed by atoms with Crippen LogP contribution in [0, 0.1) is 40.4 Å². The topological polar surface area (TPSA) is 326 Å². The summed E-state index contributed by atoms with van der Waals surface area (Å²) in [7, 11) is 5.78. The Labute approximate surface area is 641 Å². The van der Waals surface area contributed by atoms with Crippen LogP contribution in [0.3, 0.4) is 0 Å². The molecule has 0 spiro atoms. The summed E-state index contributed by atoms with van der Waals surface area (Å²) in [4.78, 5) is 36.8. The Balaban J connectivity index is 0.000000192. The third-order valence-electron chi connectivity index (χ3n) is 15.2. The summed E-state index contributed by atoms with van der Waals surface area (Å²) in [6.07, 6.45) is 9.43. The number of carbonyl (C=O) groups is 1. The van der Waals surface area contributed by atoms with E-state index in [-0.39, 0.29) is 32.8 Å². The largest absolute Gasteiger partial charge is 0.506 e. The van der Waals surface area contributed by atoms with Crippen LogP contribution in [0.15, 0.2) is 186 Å². The maximum Gasteiger partial charge on any atom is 0.496 e. The number of carbonyl (C=O) groups excluding carboxylic acids is 1. The highest BCUT2D eigenvalue weighted by molar-refractivity contribution is 9.69. The second-order valence-corrected chi connectivity index (χ2v) is 32.1. The van der Waals surface area contributed by atoms with E-state index in [0.717, 1.165) is 91.1 Å².